The van der Waals surface area contributed by atoms with Crippen LogP contribution in [-0.2, 0) is 4.74 Å². The fraction of sp³-hybridized carbons (Fsp3) is 0.600. The average molecular weight is 84.1 g/mol. The smallest absolute Gasteiger partial charge is 0.0706 e. The van der Waals surface area contributed by atoms with E-state index in [2.05, 4.69) is 13.8 Å². The Bertz CT molecular complexity index is 51.0. The summed E-state index contributed by atoms with van der Waals surface area (Å²) in [6, 6.07) is 0. The van der Waals surface area contributed by atoms with Crippen LogP contribution in [-0.4, -0.2) is 12.2 Å². The minimum absolute atomic E-state index is 0.278. The molecule has 6 heavy (non-hydrogen) atoms. The Kier molecular flexibility index (Phi) is 0.667. The van der Waals surface area contributed by atoms with E-state index >= 15 is 0 Å². The summed E-state index contributed by atoms with van der Waals surface area (Å²) in [5, 5.41) is 0. The molecule has 0 aromatic carbocycles. The van der Waals surface area contributed by atoms with Gasteiger partial charge in [0.15, 0.2) is 0 Å². The third-order valence-electron chi connectivity index (χ3n) is 0.966. The van der Waals surface area contributed by atoms with E-state index in [1.165, 1.54) is 0 Å². The molecule has 1 saturated heterocycles. The van der Waals surface area contributed by atoms with E-state index in [9.17, 15) is 0 Å². The van der Waals surface area contributed by atoms with E-state index in [4.69, 9.17) is 4.74 Å². The second kappa shape index (κ2) is 0.969. The molecule has 0 saturated carbocycles. The van der Waals surface area contributed by atoms with E-state index in [-0.39, 0.29) is 5.60 Å². The summed E-state index contributed by atoms with van der Waals surface area (Å²) >= 11 is 0. The Morgan fingerprint density at radius 1 is 1.50 bits per heavy atom. The Morgan fingerprint density at radius 3 is 1.83 bits per heavy atom. The van der Waals surface area contributed by atoms with E-state index in [1.54, 1.807) is 0 Å². The van der Waals surface area contributed by atoms with Crippen LogP contribution in [0, 0.1) is 13.8 Å². The van der Waals surface area contributed by atoms with E-state index < -0.39 is 0 Å². The normalized spacial score (nSPS) is 29.0. The van der Waals surface area contributed by atoms with Crippen LogP contribution < -0.4 is 0 Å². The van der Waals surface area contributed by atoms with Gasteiger partial charge in [0, 0.05) is 0 Å². The van der Waals surface area contributed by atoms with E-state index in [0.29, 0.717) is 0 Å². The van der Waals surface area contributed by atoms with Crippen LogP contribution in [0.5, 0.6) is 0 Å². The second-order valence-corrected chi connectivity index (χ2v) is 1.78. The molecule has 34 valence electrons. The summed E-state index contributed by atoms with van der Waals surface area (Å²) < 4.78 is 4.90. The third kappa shape index (κ3) is 0.548. The molecular weight excluding hydrogens is 76.1 g/mol. The summed E-state index contributed by atoms with van der Waals surface area (Å²) in [6.45, 7) is 8.12. The predicted octanol–water partition coefficient (Wildman–Crippen LogP) is 0.814. The largest absolute Gasteiger partial charge is 0.375 e. The fourth-order valence-electron chi connectivity index (χ4n) is 0.391. The van der Waals surface area contributed by atoms with Crippen molar-refractivity contribution in [3.63, 3.8) is 0 Å². The summed E-state index contributed by atoms with van der Waals surface area (Å²) in [4.78, 5) is 0. The molecule has 1 heterocycles. The first-order valence-electron chi connectivity index (χ1n) is 2.05. The molecule has 0 bridgehead atoms. The van der Waals surface area contributed by atoms with E-state index in [0.717, 1.165) is 13.0 Å². The zero-order valence-corrected chi connectivity index (χ0v) is 3.74. The first-order chi connectivity index (χ1) is 2.71. The number of hydrogen-bond donors (Lipinski definition) is 0. The van der Waals surface area contributed by atoms with Crippen molar-refractivity contribution in [2.45, 2.75) is 12.0 Å². The van der Waals surface area contributed by atoms with Gasteiger partial charge in [-0.15, -0.1) is 0 Å². The van der Waals surface area contributed by atoms with Crippen LogP contribution >= 0.6 is 0 Å². The number of ether oxygens (including phenoxy) is 1. The average Bonchev–Trinajstić information content (AvgIpc) is 1.32. The lowest BCUT2D eigenvalue weighted by atomic mass is 10.0. The topological polar surface area (TPSA) is 9.23 Å². The third-order valence-corrected chi connectivity index (χ3v) is 0.966. The highest BCUT2D eigenvalue weighted by Crippen LogP contribution is 2.22. The molecule has 0 aromatic heterocycles. The summed E-state index contributed by atoms with van der Waals surface area (Å²) in [7, 11) is 0. The summed E-state index contributed by atoms with van der Waals surface area (Å²) in [5.74, 6) is 0. The Balaban J connectivity index is 2.31. The maximum absolute atomic E-state index is 4.90. The Morgan fingerprint density at radius 2 is 1.83 bits per heavy atom. The molecule has 1 rings (SSSR count). The van der Waals surface area contributed by atoms with Crippen LogP contribution in [0.25, 0.3) is 0 Å². The lowest BCUT2D eigenvalue weighted by Gasteiger charge is -2.34. The highest BCUT2D eigenvalue weighted by Gasteiger charge is 2.26. The monoisotopic (exact) mass is 84.1 g/mol. The van der Waals surface area contributed by atoms with Crippen molar-refractivity contribution < 1.29 is 4.74 Å². The molecule has 0 amide bonds. The molecule has 1 fully saturated rings. The van der Waals surface area contributed by atoms with Crippen LogP contribution in [0.2, 0.25) is 0 Å². The maximum atomic E-state index is 4.90. The van der Waals surface area contributed by atoms with Crippen molar-refractivity contribution in [2.75, 3.05) is 6.61 Å². The Hall–Kier alpha value is -0.0400. The molecule has 0 aromatic rings. The van der Waals surface area contributed by atoms with Crippen molar-refractivity contribution >= 4 is 0 Å². The first kappa shape index (κ1) is 4.13. The predicted molar refractivity (Wildman–Crippen MR) is 24.0 cm³/mol. The molecule has 0 unspecified atom stereocenters. The maximum Gasteiger partial charge on any atom is 0.0706 e. The SMILES string of the molecule is [CH2]C1([CH2])CCO1. The molecule has 1 heteroatoms. The van der Waals surface area contributed by atoms with Crippen molar-refractivity contribution in [1.82, 2.24) is 0 Å². The van der Waals surface area contributed by atoms with Gasteiger partial charge >= 0.3 is 0 Å². The van der Waals surface area contributed by atoms with Gasteiger partial charge in [0.05, 0.1) is 12.2 Å². The summed E-state index contributed by atoms with van der Waals surface area (Å²) in [6.07, 6.45) is 1.01. The zero-order chi connectivity index (χ0) is 4.62. The highest BCUT2D eigenvalue weighted by molar-refractivity contribution is 4.92. The molecule has 0 atom stereocenters. The van der Waals surface area contributed by atoms with Gasteiger partial charge in [-0.2, -0.15) is 0 Å². The number of hydrogen-bond acceptors (Lipinski definition) is 1. The first-order valence-corrected chi connectivity index (χ1v) is 2.05. The Labute approximate surface area is 38.3 Å². The van der Waals surface area contributed by atoms with Crippen molar-refractivity contribution in [1.29, 1.82) is 0 Å². The van der Waals surface area contributed by atoms with Gasteiger partial charge in [-0.25, -0.2) is 0 Å². The van der Waals surface area contributed by atoms with Crippen LogP contribution in [0.4, 0.5) is 0 Å². The molecule has 1 nitrogen and oxygen atoms in total. The van der Waals surface area contributed by atoms with Crippen LogP contribution in [0.15, 0.2) is 0 Å². The van der Waals surface area contributed by atoms with Crippen molar-refractivity contribution in [2.24, 2.45) is 0 Å². The van der Waals surface area contributed by atoms with Gasteiger partial charge < -0.3 is 4.74 Å². The van der Waals surface area contributed by atoms with Gasteiger partial charge in [-0.1, -0.05) is 0 Å². The van der Waals surface area contributed by atoms with Gasteiger partial charge in [0.25, 0.3) is 0 Å². The number of rotatable bonds is 0. The van der Waals surface area contributed by atoms with Crippen molar-refractivity contribution in [3.8, 4) is 0 Å². The zero-order valence-electron chi connectivity index (χ0n) is 3.74. The van der Waals surface area contributed by atoms with Crippen molar-refractivity contribution in [3.05, 3.63) is 13.8 Å². The molecule has 1 aliphatic rings. The quantitative estimate of drug-likeness (QED) is 0.422. The van der Waals surface area contributed by atoms with Crippen LogP contribution in [0.1, 0.15) is 6.42 Å². The molecule has 0 aliphatic carbocycles. The molecule has 2 radical (unpaired) electrons. The minimum Gasteiger partial charge on any atom is -0.375 e. The standard InChI is InChI=1S/C5H8O/c1-5(2)3-4-6-5/h1-4H2. The van der Waals surface area contributed by atoms with Gasteiger partial charge in [0.1, 0.15) is 0 Å². The van der Waals surface area contributed by atoms with Crippen LogP contribution in [0.3, 0.4) is 0 Å². The lowest BCUT2D eigenvalue weighted by Crippen LogP contribution is -2.37. The molecular formula is C5H8O. The molecule has 0 spiro atoms. The van der Waals surface area contributed by atoms with E-state index in [1.807, 2.05) is 0 Å². The fourth-order valence-corrected chi connectivity index (χ4v) is 0.391. The lowest BCUT2D eigenvalue weighted by molar-refractivity contribution is -0.0817. The van der Waals surface area contributed by atoms with Gasteiger partial charge in [0.2, 0.25) is 0 Å². The second-order valence-electron chi connectivity index (χ2n) is 1.78. The highest BCUT2D eigenvalue weighted by atomic mass is 16.5. The van der Waals surface area contributed by atoms with Gasteiger partial charge in [-0.05, 0) is 20.3 Å². The minimum atomic E-state index is -0.278. The summed E-state index contributed by atoms with van der Waals surface area (Å²) in [5.41, 5.74) is -0.278. The van der Waals surface area contributed by atoms with Gasteiger partial charge in [-0.3, -0.25) is 0 Å². The molecule has 1 aliphatic heterocycles. The molecule has 0 N–H and O–H groups in total.